The molecular formula is C18H23NS. The average Bonchev–Trinajstić information content (AvgIpc) is 3.12. The van der Waals surface area contributed by atoms with Crippen molar-refractivity contribution in [1.82, 2.24) is 5.32 Å². The Balaban J connectivity index is 1.81. The summed E-state index contributed by atoms with van der Waals surface area (Å²) in [6.45, 7) is 2.24. The van der Waals surface area contributed by atoms with Gasteiger partial charge in [-0.1, -0.05) is 25.1 Å². The molecule has 1 nitrogen and oxygen atoms in total. The molecule has 0 aliphatic heterocycles. The molecule has 1 N–H and O–H groups in total. The molecule has 0 radical (unpaired) electrons. The average molecular weight is 285 g/mol. The summed E-state index contributed by atoms with van der Waals surface area (Å²) in [7, 11) is 2.08. The van der Waals surface area contributed by atoms with Crippen LogP contribution in [-0.2, 0) is 25.7 Å². The zero-order valence-corrected chi connectivity index (χ0v) is 13.2. The largest absolute Gasteiger partial charge is 0.312 e. The molecular weight excluding hydrogens is 262 g/mol. The van der Waals surface area contributed by atoms with Gasteiger partial charge in [-0.3, -0.25) is 0 Å². The van der Waals surface area contributed by atoms with Gasteiger partial charge in [0, 0.05) is 10.9 Å². The first-order chi connectivity index (χ1) is 9.81. The van der Waals surface area contributed by atoms with Gasteiger partial charge in [-0.05, 0) is 72.9 Å². The topological polar surface area (TPSA) is 12.0 Å². The van der Waals surface area contributed by atoms with E-state index >= 15 is 0 Å². The summed E-state index contributed by atoms with van der Waals surface area (Å²) < 4.78 is 0. The SMILES string of the molecule is CCc1ccsc1C(Cc1ccc2c(c1)CCC2)NC. The third kappa shape index (κ3) is 2.68. The van der Waals surface area contributed by atoms with Crippen molar-refractivity contribution < 1.29 is 0 Å². The Kier molecular flexibility index (Phi) is 4.23. The molecule has 106 valence electrons. The molecule has 1 heterocycles. The molecule has 3 rings (SSSR count). The monoisotopic (exact) mass is 285 g/mol. The van der Waals surface area contributed by atoms with E-state index in [2.05, 4.69) is 48.9 Å². The molecule has 0 spiro atoms. The minimum atomic E-state index is 0.449. The molecule has 20 heavy (non-hydrogen) atoms. The number of nitrogens with one attached hydrogen (secondary N) is 1. The van der Waals surface area contributed by atoms with E-state index in [1.165, 1.54) is 35.3 Å². The summed E-state index contributed by atoms with van der Waals surface area (Å²) in [4.78, 5) is 1.51. The Hall–Kier alpha value is -1.12. The predicted molar refractivity (Wildman–Crippen MR) is 87.7 cm³/mol. The van der Waals surface area contributed by atoms with E-state index in [0.717, 1.165) is 12.8 Å². The van der Waals surface area contributed by atoms with Crippen molar-refractivity contribution in [1.29, 1.82) is 0 Å². The van der Waals surface area contributed by atoms with Gasteiger partial charge < -0.3 is 5.32 Å². The quantitative estimate of drug-likeness (QED) is 0.863. The maximum atomic E-state index is 3.51. The van der Waals surface area contributed by atoms with Crippen LogP contribution in [0.3, 0.4) is 0 Å². The summed E-state index contributed by atoms with van der Waals surface area (Å²) in [5.41, 5.74) is 6.12. The molecule has 0 fully saturated rings. The Morgan fingerprint density at radius 3 is 2.85 bits per heavy atom. The number of likely N-dealkylation sites (N-methyl/N-ethyl adjacent to an activating group) is 1. The second kappa shape index (κ2) is 6.11. The van der Waals surface area contributed by atoms with Gasteiger partial charge in [-0.15, -0.1) is 11.3 Å². The maximum absolute atomic E-state index is 3.51. The highest BCUT2D eigenvalue weighted by Crippen LogP contribution is 2.29. The lowest BCUT2D eigenvalue weighted by Gasteiger charge is -2.17. The molecule has 1 aliphatic carbocycles. The van der Waals surface area contributed by atoms with Crippen LogP contribution in [0.5, 0.6) is 0 Å². The minimum absolute atomic E-state index is 0.449. The number of thiophene rings is 1. The molecule has 2 aromatic rings. The van der Waals surface area contributed by atoms with Crippen LogP contribution in [0.2, 0.25) is 0 Å². The summed E-state index contributed by atoms with van der Waals surface area (Å²) in [6.07, 6.45) is 6.10. The summed E-state index contributed by atoms with van der Waals surface area (Å²) in [6, 6.07) is 9.83. The van der Waals surface area contributed by atoms with Crippen LogP contribution in [0.4, 0.5) is 0 Å². The van der Waals surface area contributed by atoms with Gasteiger partial charge in [-0.25, -0.2) is 0 Å². The molecule has 0 saturated carbocycles. The van der Waals surface area contributed by atoms with E-state index in [-0.39, 0.29) is 0 Å². The van der Waals surface area contributed by atoms with Crippen LogP contribution in [0.1, 0.15) is 46.5 Å². The number of rotatable bonds is 5. The highest BCUT2D eigenvalue weighted by atomic mass is 32.1. The highest BCUT2D eigenvalue weighted by Gasteiger charge is 2.17. The fourth-order valence-electron chi connectivity index (χ4n) is 3.26. The molecule has 0 saturated heterocycles. The molecule has 1 aromatic carbocycles. The third-order valence-electron chi connectivity index (χ3n) is 4.43. The fourth-order valence-corrected chi connectivity index (χ4v) is 4.37. The van der Waals surface area contributed by atoms with Gasteiger partial charge in [0.15, 0.2) is 0 Å². The first-order valence-electron chi connectivity index (χ1n) is 7.66. The van der Waals surface area contributed by atoms with Gasteiger partial charge in [-0.2, -0.15) is 0 Å². The minimum Gasteiger partial charge on any atom is -0.312 e. The summed E-state index contributed by atoms with van der Waals surface area (Å²) in [5, 5.41) is 5.73. The van der Waals surface area contributed by atoms with Crippen LogP contribution in [0.15, 0.2) is 29.6 Å². The number of benzene rings is 1. The van der Waals surface area contributed by atoms with Crippen LogP contribution < -0.4 is 5.32 Å². The molecule has 2 heteroatoms. The number of fused-ring (bicyclic) bond motifs is 1. The van der Waals surface area contributed by atoms with Crippen molar-refractivity contribution >= 4 is 11.3 Å². The standard InChI is InChI=1S/C18H23NS/c1-3-14-9-10-20-18(14)17(19-2)12-13-7-8-15-5-4-6-16(15)11-13/h7-11,17,19H,3-6,12H2,1-2H3. The number of hydrogen-bond acceptors (Lipinski definition) is 2. The first-order valence-corrected chi connectivity index (χ1v) is 8.54. The lowest BCUT2D eigenvalue weighted by Crippen LogP contribution is -2.19. The molecule has 1 aliphatic rings. The van der Waals surface area contributed by atoms with Crippen molar-refractivity contribution in [2.24, 2.45) is 0 Å². The number of aryl methyl sites for hydroxylation is 3. The smallest absolute Gasteiger partial charge is 0.0456 e. The second-order valence-corrected chi connectivity index (χ2v) is 6.61. The van der Waals surface area contributed by atoms with E-state index in [4.69, 9.17) is 0 Å². The lowest BCUT2D eigenvalue weighted by molar-refractivity contribution is 0.597. The number of hydrogen-bond donors (Lipinski definition) is 1. The zero-order chi connectivity index (χ0) is 13.9. The van der Waals surface area contributed by atoms with Gasteiger partial charge in [0.25, 0.3) is 0 Å². The Labute approximate surface area is 126 Å². The second-order valence-electron chi connectivity index (χ2n) is 5.67. The van der Waals surface area contributed by atoms with Crippen molar-refractivity contribution in [3.05, 3.63) is 56.8 Å². The molecule has 1 aromatic heterocycles. The first kappa shape index (κ1) is 13.8. The fraction of sp³-hybridized carbons (Fsp3) is 0.444. The van der Waals surface area contributed by atoms with Crippen LogP contribution in [0.25, 0.3) is 0 Å². The zero-order valence-electron chi connectivity index (χ0n) is 12.4. The van der Waals surface area contributed by atoms with Crippen LogP contribution in [-0.4, -0.2) is 7.05 Å². The molecule has 1 atom stereocenters. The van der Waals surface area contributed by atoms with E-state index in [1.807, 2.05) is 11.3 Å². The van der Waals surface area contributed by atoms with Crippen molar-refractivity contribution in [2.75, 3.05) is 7.05 Å². The summed E-state index contributed by atoms with van der Waals surface area (Å²) in [5.74, 6) is 0. The van der Waals surface area contributed by atoms with E-state index < -0.39 is 0 Å². The lowest BCUT2D eigenvalue weighted by atomic mass is 9.98. The van der Waals surface area contributed by atoms with Gasteiger partial charge in [0.1, 0.15) is 0 Å². The summed E-state index contributed by atoms with van der Waals surface area (Å²) >= 11 is 1.89. The van der Waals surface area contributed by atoms with Crippen molar-refractivity contribution in [3.8, 4) is 0 Å². The van der Waals surface area contributed by atoms with Gasteiger partial charge in [0.05, 0.1) is 0 Å². The molecule has 0 bridgehead atoms. The third-order valence-corrected chi connectivity index (χ3v) is 5.50. The van der Waals surface area contributed by atoms with Gasteiger partial charge >= 0.3 is 0 Å². The van der Waals surface area contributed by atoms with E-state index in [9.17, 15) is 0 Å². The Morgan fingerprint density at radius 1 is 1.20 bits per heavy atom. The van der Waals surface area contributed by atoms with Crippen molar-refractivity contribution in [2.45, 2.75) is 45.1 Å². The van der Waals surface area contributed by atoms with Crippen LogP contribution in [0, 0.1) is 0 Å². The van der Waals surface area contributed by atoms with Crippen molar-refractivity contribution in [3.63, 3.8) is 0 Å². The van der Waals surface area contributed by atoms with Crippen LogP contribution >= 0.6 is 11.3 Å². The normalized spacial score (nSPS) is 15.3. The van der Waals surface area contributed by atoms with E-state index in [1.54, 1.807) is 11.1 Å². The Bertz CT molecular complexity index is 585. The predicted octanol–water partition coefficient (Wildman–Crippen LogP) is 4.30. The van der Waals surface area contributed by atoms with Gasteiger partial charge in [0.2, 0.25) is 0 Å². The highest BCUT2D eigenvalue weighted by molar-refractivity contribution is 7.10. The molecule has 0 amide bonds. The van der Waals surface area contributed by atoms with E-state index in [0.29, 0.717) is 6.04 Å². The Morgan fingerprint density at radius 2 is 2.05 bits per heavy atom. The maximum Gasteiger partial charge on any atom is 0.0456 e. The molecule has 1 unspecified atom stereocenters.